The molecule has 0 bridgehead atoms. The number of benzene rings is 9. The van der Waals surface area contributed by atoms with Crippen LogP contribution in [0.3, 0.4) is 0 Å². The molecule has 2 aromatic heterocycles. The third kappa shape index (κ3) is 10.2. The summed E-state index contributed by atoms with van der Waals surface area (Å²) in [6, 6.07) is 84.3. The third-order valence-electron chi connectivity index (χ3n) is 16.2. The molecule has 12 rings (SSSR count). The van der Waals surface area contributed by atoms with E-state index in [-0.39, 0.29) is 37.3 Å². The minimum Gasteiger partial charge on any atom is -0.509 e. The average Bonchev–Trinajstić information content (AvgIpc) is 3.80. The summed E-state index contributed by atoms with van der Waals surface area (Å²) in [4.78, 5) is 9.68. The van der Waals surface area contributed by atoms with Gasteiger partial charge in [-0.25, -0.2) is 4.98 Å². The molecule has 9 aromatic carbocycles. The number of hydrogen-bond donors (Lipinski definition) is 0. The molecule has 0 N–H and O–H groups in total. The van der Waals surface area contributed by atoms with E-state index in [0.29, 0.717) is 11.5 Å². The van der Waals surface area contributed by atoms with E-state index in [1.807, 2.05) is 12.3 Å². The number of rotatable bonds is 11. The van der Waals surface area contributed by atoms with E-state index in [2.05, 4.69) is 309 Å². The van der Waals surface area contributed by atoms with E-state index in [9.17, 15) is 0 Å². The molecule has 3 heterocycles. The van der Waals surface area contributed by atoms with Crippen LogP contribution in [0.15, 0.2) is 219 Å². The van der Waals surface area contributed by atoms with Crippen molar-refractivity contribution in [3.8, 4) is 39.6 Å². The van der Waals surface area contributed by atoms with Gasteiger partial charge in [-0.2, -0.15) is 6.07 Å². The molecule has 1 aliphatic rings. The Morgan fingerprint density at radius 1 is 0.412 bits per heavy atom. The Hall–Kier alpha value is -7.98. The quantitative estimate of drug-likeness (QED) is 0.121. The van der Waals surface area contributed by atoms with Crippen LogP contribution in [0.4, 0.5) is 22.7 Å². The summed E-state index contributed by atoms with van der Waals surface area (Å²) in [6.45, 7) is 25.1. The molecule has 0 unspecified atom stereocenters. The Bertz CT molecular complexity index is 4040. The number of pyridine rings is 1. The molecule has 0 aliphatic carbocycles. The summed E-state index contributed by atoms with van der Waals surface area (Å²) in [7, 11) is 0. The first kappa shape index (κ1) is 54.0. The van der Waals surface area contributed by atoms with Crippen molar-refractivity contribution in [1.29, 1.82) is 0 Å². The zero-order chi connectivity index (χ0) is 54.8. The van der Waals surface area contributed by atoms with Crippen molar-refractivity contribution >= 4 is 44.6 Å². The van der Waals surface area contributed by atoms with Crippen molar-refractivity contribution in [3.63, 3.8) is 0 Å². The maximum Gasteiger partial charge on any atom is 0.135 e. The van der Waals surface area contributed by atoms with Crippen LogP contribution in [0, 0.1) is 18.8 Å². The van der Waals surface area contributed by atoms with Gasteiger partial charge in [0.1, 0.15) is 5.82 Å². The number of fused-ring (bicyclic) bond motifs is 4. The van der Waals surface area contributed by atoms with E-state index in [1.54, 1.807) is 0 Å². The number of anilines is 4. The molecule has 0 saturated heterocycles. The van der Waals surface area contributed by atoms with Gasteiger partial charge >= 0.3 is 0 Å². The van der Waals surface area contributed by atoms with Crippen LogP contribution in [0.5, 0.6) is 11.5 Å². The van der Waals surface area contributed by atoms with E-state index >= 15 is 0 Å². The fourth-order valence-corrected chi connectivity index (χ4v) is 11.2. The predicted molar refractivity (Wildman–Crippen MR) is 330 cm³/mol. The maximum absolute atomic E-state index is 7.15. The monoisotopic (exact) mass is 1220 g/mol. The topological polar surface area (TPSA) is 33.5 Å². The fourth-order valence-electron chi connectivity index (χ4n) is 11.2. The van der Waals surface area contributed by atoms with Gasteiger partial charge < -0.3 is 19.1 Å². The Morgan fingerprint density at radius 2 is 1.00 bits per heavy atom. The molecule has 0 atom stereocenters. The van der Waals surface area contributed by atoms with Crippen molar-refractivity contribution in [3.05, 3.63) is 271 Å². The minimum atomic E-state index is -0.416. The summed E-state index contributed by atoms with van der Waals surface area (Å²) in [5.41, 5.74) is 17.0. The van der Waals surface area contributed by atoms with Crippen molar-refractivity contribution in [2.24, 2.45) is 0 Å². The molecule has 0 fully saturated rings. The summed E-state index contributed by atoms with van der Waals surface area (Å²) in [6.07, 6.45) is 1.92. The Kier molecular flexibility index (Phi) is 14.1. The molecular weight excluding hydrogens is 1160 g/mol. The normalized spacial score (nSPS) is 12.9. The minimum absolute atomic E-state index is 0. The average molecular weight is 1220 g/mol. The van der Waals surface area contributed by atoms with Gasteiger partial charge in [-0.1, -0.05) is 220 Å². The van der Waals surface area contributed by atoms with Crippen LogP contribution in [-0.4, -0.2) is 9.55 Å². The number of ether oxygens (including phenoxy) is 1. The van der Waals surface area contributed by atoms with E-state index in [0.717, 1.165) is 67.1 Å². The molecule has 6 heteroatoms. The smallest absolute Gasteiger partial charge is 0.135 e. The zero-order valence-corrected chi connectivity index (χ0v) is 49.6. The molecule has 0 saturated carbocycles. The van der Waals surface area contributed by atoms with Gasteiger partial charge in [-0.3, -0.25) is 0 Å². The standard InChI is InChI=1S/C74H67N4O.Pt/c1-71(2,3)56-32-36-67-69(45-56)77(49-76(67)60-40-53(51-25-17-12-18-26-51)39-58(42-60)73(7,8)54-27-19-13-20-28-54)61-43-59(74(9,10)55-29-21-14-22-30-55)44-63(47-61)79-62-33-34-64-65-41-52(50-23-15-11-16-24-50)31-35-66(65)78(68(64)48-62)70-46-57(37-38-75-70)72(4,5)6;/h11-46,49H,1-10H3;/q-3;. The largest absolute Gasteiger partial charge is 0.509 e. The molecule has 0 amide bonds. The van der Waals surface area contributed by atoms with Crippen LogP contribution < -0.4 is 14.5 Å². The van der Waals surface area contributed by atoms with E-state index in [4.69, 9.17) is 9.72 Å². The molecule has 0 radical (unpaired) electrons. The van der Waals surface area contributed by atoms with Gasteiger partial charge in [0.15, 0.2) is 0 Å². The maximum atomic E-state index is 7.15. The number of aromatic nitrogens is 2. The Labute approximate surface area is 487 Å². The van der Waals surface area contributed by atoms with Crippen LogP contribution in [-0.2, 0) is 42.7 Å². The SMILES string of the molecule is CC(C)(C)c1ccnc(-n2c3[c-]c(Oc4[c-]c(N5[CH-]N(c6cc(-c7ccccc7)cc(C(C)(C)c7ccccc7)c6)c6ccc(C(C)(C)C)cc65)cc(C(C)(C)c5ccccc5)c4)ccc3c3cc(-c4ccccc4)ccc32)c1.[Pt]. The first-order valence-electron chi connectivity index (χ1n) is 27.6. The van der Waals surface area contributed by atoms with Crippen LogP contribution >= 0.6 is 0 Å². The van der Waals surface area contributed by atoms with Gasteiger partial charge in [-0.05, 0) is 114 Å². The van der Waals surface area contributed by atoms with E-state index < -0.39 is 5.41 Å². The van der Waals surface area contributed by atoms with Gasteiger partial charge in [0.05, 0.1) is 0 Å². The van der Waals surface area contributed by atoms with Crippen molar-refractivity contribution in [1.82, 2.24) is 9.55 Å². The molecule has 5 nitrogen and oxygen atoms in total. The van der Waals surface area contributed by atoms with Crippen molar-refractivity contribution < 1.29 is 25.8 Å². The second-order valence-corrected chi connectivity index (χ2v) is 24.3. The first-order chi connectivity index (χ1) is 37.9. The second kappa shape index (κ2) is 20.9. The van der Waals surface area contributed by atoms with Crippen LogP contribution in [0.25, 0.3) is 49.9 Å². The molecule has 80 heavy (non-hydrogen) atoms. The fraction of sp³-hybridized carbons (Fsp3) is 0.189. The van der Waals surface area contributed by atoms with Crippen LogP contribution in [0.1, 0.15) is 103 Å². The van der Waals surface area contributed by atoms with Crippen molar-refractivity contribution in [2.75, 3.05) is 9.80 Å². The predicted octanol–water partition coefficient (Wildman–Crippen LogP) is 19.6. The molecular formula is C74H67N4OPt-3. The summed E-state index contributed by atoms with van der Waals surface area (Å²) < 4.78 is 9.39. The first-order valence-corrected chi connectivity index (χ1v) is 27.6. The van der Waals surface area contributed by atoms with Crippen LogP contribution in [0.2, 0.25) is 0 Å². The van der Waals surface area contributed by atoms with Gasteiger partial charge in [0, 0.05) is 66.8 Å². The summed E-state index contributed by atoms with van der Waals surface area (Å²) in [5.74, 6) is 2.01. The van der Waals surface area contributed by atoms with Gasteiger partial charge in [0.25, 0.3) is 0 Å². The van der Waals surface area contributed by atoms with Gasteiger partial charge in [-0.15, -0.1) is 53.6 Å². The summed E-state index contributed by atoms with van der Waals surface area (Å²) in [5, 5.41) is 2.19. The zero-order valence-electron chi connectivity index (χ0n) is 47.4. The van der Waals surface area contributed by atoms with Crippen molar-refractivity contribution in [2.45, 2.75) is 90.9 Å². The van der Waals surface area contributed by atoms with Gasteiger partial charge in [0.2, 0.25) is 0 Å². The Morgan fingerprint density at radius 3 is 1.62 bits per heavy atom. The third-order valence-corrected chi connectivity index (χ3v) is 16.2. The number of nitrogens with zero attached hydrogens (tertiary/aromatic N) is 4. The molecule has 0 spiro atoms. The Balaban J connectivity index is 0.00000675. The van der Waals surface area contributed by atoms with E-state index in [1.165, 1.54) is 38.9 Å². The molecule has 402 valence electrons. The molecule has 11 aromatic rings. The summed E-state index contributed by atoms with van der Waals surface area (Å²) >= 11 is 0. The second-order valence-electron chi connectivity index (χ2n) is 24.3. The number of hydrogen-bond acceptors (Lipinski definition) is 4. The molecule has 1 aliphatic heterocycles.